The van der Waals surface area contributed by atoms with Gasteiger partial charge in [-0.15, -0.1) is 0 Å². The largest absolute Gasteiger partial charge is 1.00 e. The minimum atomic E-state index is 0. The Morgan fingerprint density at radius 2 is 1.85 bits per heavy atom. The third-order valence-corrected chi connectivity index (χ3v) is 4.75. The number of halogens is 1. The number of ketones is 1. The van der Waals surface area contributed by atoms with Crippen molar-refractivity contribution in [2.24, 2.45) is 0 Å². The number of Topliss-reactive ketones (excluding diaryl/α,β-unsaturated/α-hetero) is 1. The molecule has 132 valence electrons. The first-order valence-corrected chi connectivity index (χ1v) is 8.44. The van der Waals surface area contributed by atoms with Crippen molar-refractivity contribution in [1.82, 2.24) is 0 Å². The summed E-state index contributed by atoms with van der Waals surface area (Å²) in [6.07, 6.45) is 4.74. The Morgan fingerprint density at radius 3 is 2.62 bits per heavy atom. The van der Waals surface area contributed by atoms with Gasteiger partial charge in [-0.05, 0) is 41.6 Å². The van der Waals surface area contributed by atoms with E-state index in [1.165, 1.54) is 0 Å². The number of rotatable bonds is 3. The highest BCUT2D eigenvalue weighted by Gasteiger charge is 2.23. The highest BCUT2D eigenvalue weighted by Crippen LogP contribution is 2.29. The Balaban J connectivity index is 0.00000196. The number of anilines is 1. The van der Waals surface area contributed by atoms with E-state index in [0.29, 0.717) is 18.7 Å². The van der Waals surface area contributed by atoms with Gasteiger partial charge < -0.3 is 17.3 Å². The van der Waals surface area contributed by atoms with Crippen molar-refractivity contribution >= 4 is 28.2 Å². The van der Waals surface area contributed by atoms with E-state index in [0.717, 1.165) is 28.4 Å². The molecule has 1 amide bonds. The van der Waals surface area contributed by atoms with E-state index in [1.807, 2.05) is 59.4 Å². The van der Waals surface area contributed by atoms with Gasteiger partial charge in [-0.25, -0.2) is 0 Å². The van der Waals surface area contributed by atoms with Crippen molar-refractivity contribution in [3.8, 4) is 0 Å². The lowest BCUT2D eigenvalue weighted by molar-refractivity contribution is -0.681. The van der Waals surface area contributed by atoms with Crippen molar-refractivity contribution in [1.29, 1.82) is 0 Å². The zero-order chi connectivity index (χ0) is 17.4. The average Bonchev–Trinajstić information content (AvgIpc) is 3.05. The summed E-state index contributed by atoms with van der Waals surface area (Å²) < 4.78 is 1.92. The van der Waals surface area contributed by atoms with Crippen molar-refractivity contribution in [2.75, 3.05) is 11.4 Å². The van der Waals surface area contributed by atoms with Crippen molar-refractivity contribution in [3.05, 3.63) is 72.1 Å². The highest BCUT2D eigenvalue weighted by atomic mass is 35.5. The fraction of sp³-hybridized carbons (Fsp3) is 0.190. The molecule has 1 aliphatic heterocycles. The molecule has 0 spiro atoms. The van der Waals surface area contributed by atoms with E-state index >= 15 is 0 Å². The number of hydrogen-bond donors (Lipinski definition) is 0. The van der Waals surface area contributed by atoms with E-state index < -0.39 is 0 Å². The molecule has 4 nitrogen and oxygen atoms in total. The number of nitrogens with zero attached hydrogens (tertiary/aromatic N) is 2. The van der Waals surface area contributed by atoms with Gasteiger partial charge in [0.05, 0.1) is 0 Å². The molecule has 1 aliphatic rings. The molecule has 0 bridgehead atoms. The van der Waals surface area contributed by atoms with Gasteiger partial charge >= 0.3 is 0 Å². The summed E-state index contributed by atoms with van der Waals surface area (Å²) in [6.45, 7) is 2.58. The van der Waals surface area contributed by atoms with Crippen LogP contribution in [0.25, 0.3) is 10.8 Å². The molecule has 0 atom stereocenters. The topological polar surface area (TPSA) is 41.3 Å². The molecule has 0 radical (unpaired) electrons. The minimum absolute atomic E-state index is 0. The first-order chi connectivity index (χ1) is 12.1. The SMILES string of the molecule is CC(=O)N1CCc2cc(C(=O)C[n+]3ccc4ccccc4c3)ccc21.[Cl-]. The number of aromatic nitrogens is 1. The maximum Gasteiger partial charge on any atom is 0.227 e. The number of pyridine rings is 1. The summed E-state index contributed by atoms with van der Waals surface area (Å²) in [6, 6.07) is 15.8. The molecule has 2 heterocycles. The third-order valence-electron chi connectivity index (χ3n) is 4.75. The Morgan fingerprint density at radius 1 is 1.08 bits per heavy atom. The van der Waals surface area contributed by atoms with Crippen LogP contribution in [0, 0.1) is 0 Å². The highest BCUT2D eigenvalue weighted by molar-refractivity contribution is 5.98. The molecule has 4 rings (SSSR count). The van der Waals surface area contributed by atoms with Gasteiger partial charge in [0.1, 0.15) is 0 Å². The van der Waals surface area contributed by atoms with Crippen LogP contribution in [0.2, 0.25) is 0 Å². The standard InChI is InChI=1S/C21H19N2O2.ClH/c1-15(24)23-11-9-17-12-18(6-7-20(17)23)21(25)14-22-10-8-16-4-2-3-5-19(16)13-22;/h2-8,10,12-13H,9,11,14H2,1H3;1H/q+1;/p-1. The first-order valence-electron chi connectivity index (χ1n) is 8.44. The lowest BCUT2D eigenvalue weighted by atomic mass is 10.0. The predicted octanol–water partition coefficient (Wildman–Crippen LogP) is -0.0768. The minimum Gasteiger partial charge on any atom is -1.00 e. The molecule has 3 aromatic rings. The molecule has 2 aromatic carbocycles. The molecular weight excluding hydrogens is 348 g/mol. The smallest absolute Gasteiger partial charge is 0.227 e. The summed E-state index contributed by atoms with van der Waals surface area (Å²) in [5, 5.41) is 2.27. The average molecular weight is 367 g/mol. The van der Waals surface area contributed by atoms with Crippen LogP contribution in [-0.2, 0) is 17.8 Å². The molecular formula is C21H19ClN2O2. The Bertz CT molecular complexity index is 1000. The molecule has 0 saturated carbocycles. The predicted molar refractivity (Wildman–Crippen MR) is 96.6 cm³/mol. The molecule has 0 saturated heterocycles. The lowest BCUT2D eigenvalue weighted by Gasteiger charge is -2.14. The normalized spacial score (nSPS) is 12.6. The van der Waals surface area contributed by atoms with E-state index in [9.17, 15) is 9.59 Å². The van der Waals surface area contributed by atoms with Crippen LogP contribution in [0.15, 0.2) is 60.9 Å². The second-order valence-corrected chi connectivity index (χ2v) is 6.43. The summed E-state index contributed by atoms with van der Waals surface area (Å²) >= 11 is 0. The van der Waals surface area contributed by atoms with E-state index in [4.69, 9.17) is 0 Å². The Hall–Kier alpha value is -2.72. The van der Waals surface area contributed by atoms with Crippen molar-refractivity contribution in [2.45, 2.75) is 19.9 Å². The molecule has 1 aromatic heterocycles. The maximum atomic E-state index is 12.7. The number of carbonyl (C=O) groups is 2. The quantitative estimate of drug-likeness (QED) is 0.481. The van der Waals surface area contributed by atoms with Gasteiger partial charge in [0.2, 0.25) is 18.2 Å². The zero-order valence-corrected chi connectivity index (χ0v) is 15.2. The first kappa shape index (κ1) is 18.1. The summed E-state index contributed by atoms with van der Waals surface area (Å²) in [5.41, 5.74) is 2.71. The zero-order valence-electron chi connectivity index (χ0n) is 14.5. The Labute approximate surface area is 158 Å². The number of amides is 1. The van der Waals surface area contributed by atoms with Crippen LogP contribution < -0.4 is 21.9 Å². The summed E-state index contributed by atoms with van der Waals surface area (Å²) in [7, 11) is 0. The monoisotopic (exact) mass is 366 g/mol. The summed E-state index contributed by atoms with van der Waals surface area (Å²) in [4.78, 5) is 26.1. The number of fused-ring (bicyclic) bond motifs is 2. The van der Waals surface area contributed by atoms with Gasteiger partial charge in [0.15, 0.2) is 12.4 Å². The van der Waals surface area contributed by atoms with Crippen LogP contribution in [0.4, 0.5) is 5.69 Å². The Kier molecular flexibility index (Phi) is 5.05. The van der Waals surface area contributed by atoms with Gasteiger partial charge in [-0.2, -0.15) is 4.57 Å². The maximum absolute atomic E-state index is 12.7. The number of carbonyl (C=O) groups excluding carboxylic acids is 2. The lowest BCUT2D eigenvalue weighted by Crippen LogP contribution is -3.00. The van der Waals surface area contributed by atoms with Crippen LogP contribution >= 0.6 is 0 Å². The fourth-order valence-corrected chi connectivity index (χ4v) is 3.44. The number of hydrogen-bond acceptors (Lipinski definition) is 2. The van der Waals surface area contributed by atoms with E-state index in [-0.39, 0.29) is 24.1 Å². The van der Waals surface area contributed by atoms with Gasteiger partial charge in [-0.3, -0.25) is 9.59 Å². The second kappa shape index (κ2) is 7.26. The van der Waals surface area contributed by atoms with Gasteiger partial charge in [0.25, 0.3) is 0 Å². The third kappa shape index (κ3) is 3.33. The molecule has 0 N–H and O–H groups in total. The second-order valence-electron chi connectivity index (χ2n) is 6.43. The van der Waals surface area contributed by atoms with Crippen LogP contribution in [0.3, 0.4) is 0 Å². The molecule has 26 heavy (non-hydrogen) atoms. The molecule has 0 aliphatic carbocycles. The number of benzene rings is 2. The molecule has 0 fully saturated rings. The molecule has 0 unspecified atom stereocenters. The fourth-order valence-electron chi connectivity index (χ4n) is 3.44. The van der Waals surface area contributed by atoms with Gasteiger partial charge in [-0.1, -0.05) is 18.2 Å². The van der Waals surface area contributed by atoms with Gasteiger partial charge in [0, 0.05) is 36.2 Å². The summed E-state index contributed by atoms with van der Waals surface area (Å²) in [5.74, 6) is 0.119. The van der Waals surface area contributed by atoms with E-state index in [2.05, 4.69) is 6.07 Å². The van der Waals surface area contributed by atoms with Crippen molar-refractivity contribution in [3.63, 3.8) is 0 Å². The van der Waals surface area contributed by atoms with Crippen LogP contribution in [0.1, 0.15) is 22.8 Å². The van der Waals surface area contributed by atoms with Crippen LogP contribution in [-0.4, -0.2) is 18.2 Å². The van der Waals surface area contributed by atoms with Crippen molar-refractivity contribution < 1.29 is 26.6 Å². The van der Waals surface area contributed by atoms with E-state index in [1.54, 1.807) is 11.8 Å². The molecule has 5 heteroatoms. The van der Waals surface area contributed by atoms with Crippen LogP contribution in [0.5, 0.6) is 0 Å².